The van der Waals surface area contributed by atoms with E-state index in [1.165, 1.54) is 51.4 Å². The van der Waals surface area contributed by atoms with Gasteiger partial charge in [-0.3, -0.25) is 0 Å². The Hall–Kier alpha value is -0.0400. The molecule has 2 rings (SSSR count). The predicted octanol–water partition coefficient (Wildman–Crippen LogP) is 3.47. The summed E-state index contributed by atoms with van der Waals surface area (Å²) in [7, 11) is 0. The third kappa shape index (κ3) is 1.50. The van der Waals surface area contributed by atoms with Crippen LogP contribution in [0.1, 0.15) is 65.2 Å². The average molecular weight is 195 g/mol. The van der Waals surface area contributed by atoms with Crippen molar-refractivity contribution >= 4 is 0 Å². The molecule has 2 N–H and O–H groups in total. The molecule has 2 fully saturated rings. The topological polar surface area (TPSA) is 26.0 Å². The van der Waals surface area contributed by atoms with Crippen molar-refractivity contribution in [3.05, 3.63) is 0 Å². The molecule has 0 aromatic heterocycles. The second-order valence-electron chi connectivity index (χ2n) is 5.59. The van der Waals surface area contributed by atoms with Crippen molar-refractivity contribution < 1.29 is 0 Å². The Labute approximate surface area is 88.4 Å². The van der Waals surface area contributed by atoms with E-state index in [4.69, 9.17) is 5.73 Å². The van der Waals surface area contributed by atoms with E-state index in [1.807, 2.05) is 0 Å². The zero-order chi connectivity index (χ0) is 10.2. The lowest BCUT2D eigenvalue weighted by Crippen LogP contribution is -2.39. The average Bonchev–Trinajstić information content (AvgIpc) is 2.99. The van der Waals surface area contributed by atoms with Gasteiger partial charge in [-0.15, -0.1) is 0 Å². The quantitative estimate of drug-likeness (QED) is 0.690. The van der Waals surface area contributed by atoms with E-state index >= 15 is 0 Å². The molecule has 1 heteroatoms. The molecule has 2 aliphatic carbocycles. The standard InChI is InChI=1S/C13H25N/c1-3-5-11(6-4-2)12(7-8-12)13(14)9-10-13/h11H,3-10,14H2,1-2H3. The molecular weight excluding hydrogens is 170 g/mol. The smallest absolute Gasteiger partial charge is 0.0215 e. The van der Waals surface area contributed by atoms with E-state index in [1.54, 1.807) is 0 Å². The fourth-order valence-electron chi connectivity index (χ4n) is 3.47. The van der Waals surface area contributed by atoms with Crippen molar-refractivity contribution in [3.8, 4) is 0 Å². The van der Waals surface area contributed by atoms with Crippen molar-refractivity contribution in [2.45, 2.75) is 70.8 Å². The number of hydrogen-bond acceptors (Lipinski definition) is 1. The van der Waals surface area contributed by atoms with Crippen LogP contribution in [0.2, 0.25) is 0 Å². The third-order valence-corrected chi connectivity index (χ3v) is 4.62. The number of hydrogen-bond donors (Lipinski definition) is 1. The predicted molar refractivity (Wildman–Crippen MR) is 61.1 cm³/mol. The van der Waals surface area contributed by atoms with Crippen LogP contribution in [0.25, 0.3) is 0 Å². The molecule has 0 saturated heterocycles. The van der Waals surface area contributed by atoms with Crippen LogP contribution in [0.5, 0.6) is 0 Å². The highest BCUT2D eigenvalue weighted by Gasteiger charge is 2.65. The van der Waals surface area contributed by atoms with E-state index in [2.05, 4.69) is 13.8 Å². The largest absolute Gasteiger partial charge is 0.325 e. The molecule has 82 valence electrons. The highest BCUT2D eigenvalue weighted by Crippen LogP contribution is 2.68. The molecule has 0 aliphatic heterocycles. The summed E-state index contributed by atoms with van der Waals surface area (Å²) < 4.78 is 0. The van der Waals surface area contributed by atoms with Crippen LogP contribution < -0.4 is 5.73 Å². The minimum Gasteiger partial charge on any atom is -0.325 e. The summed E-state index contributed by atoms with van der Waals surface area (Å²) in [5.74, 6) is 0.935. The fraction of sp³-hybridized carbons (Fsp3) is 1.00. The van der Waals surface area contributed by atoms with Crippen LogP contribution in [0.15, 0.2) is 0 Å². The lowest BCUT2D eigenvalue weighted by atomic mass is 9.76. The number of rotatable bonds is 6. The Morgan fingerprint density at radius 2 is 1.50 bits per heavy atom. The van der Waals surface area contributed by atoms with E-state index in [0.717, 1.165) is 5.92 Å². The Kier molecular flexibility index (Phi) is 2.63. The molecule has 2 aliphatic rings. The summed E-state index contributed by atoms with van der Waals surface area (Å²) in [6.07, 6.45) is 10.9. The Balaban J connectivity index is 2.02. The van der Waals surface area contributed by atoms with Crippen LogP contribution in [0.4, 0.5) is 0 Å². The summed E-state index contributed by atoms with van der Waals surface area (Å²) in [6, 6.07) is 0. The summed E-state index contributed by atoms with van der Waals surface area (Å²) in [5.41, 5.74) is 7.32. The van der Waals surface area contributed by atoms with Gasteiger partial charge in [0.25, 0.3) is 0 Å². The molecule has 0 atom stereocenters. The Morgan fingerprint density at radius 3 is 1.79 bits per heavy atom. The second-order valence-corrected chi connectivity index (χ2v) is 5.59. The first kappa shape index (κ1) is 10.5. The van der Waals surface area contributed by atoms with Crippen LogP contribution in [-0.2, 0) is 0 Å². The van der Waals surface area contributed by atoms with Crippen molar-refractivity contribution in [2.24, 2.45) is 17.1 Å². The molecule has 14 heavy (non-hydrogen) atoms. The number of nitrogens with two attached hydrogens (primary N) is 1. The zero-order valence-corrected chi connectivity index (χ0v) is 9.81. The van der Waals surface area contributed by atoms with Crippen LogP contribution in [-0.4, -0.2) is 5.54 Å². The fourth-order valence-corrected chi connectivity index (χ4v) is 3.47. The minimum absolute atomic E-state index is 0.280. The summed E-state index contributed by atoms with van der Waals surface area (Å²) >= 11 is 0. The molecule has 0 heterocycles. The Bertz CT molecular complexity index is 195. The maximum atomic E-state index is 6.45. The third-order valence-electron chi connectivity index (χ3n) is 4.62. The molecule has 0 aromatic carbocycles. The molecule has 0 spiro atoms. The molecule has 0 bridgehead atoms. The summed E-state index contributed by atoms with van der Waals surface area (Å²) in [4.78, 5) is 0. The van der Waals surface area contributed by atoms with Crippen LogP contribution in [0.3, 0.4) is 0 Å². The SMILES string of the molecule is CCCC(CCC)C1(C2(N)CC2)CC1. The molecule has 1 nitrogen and oxygen atoms in total. The van der Waals surface area contributed by atoms with Gasteiger partial charge in [0, 0.05) is 5.54 Å². The summed E-state index contributed by atoms with van der Waals surface area (Å²) in [6.45, 7) is 4.63. The zero-order valence-electron chi connectivity index (χ0n) is 9.81. The first-order valence-electron chi connectivity index (χ1n) is 6.47. The van der Waals surface area contributed by atoms with Gasteiger partial charge in [0.15, 0.2) is 0 Å². The van der Waals surface area contributed by atoms with Crippen molar-refractivity contribution in [1.82, 2.24) is 0 Å². The monoisotopic (exact) mass is 195 g/mol. The molecular formula is C13H25N. The van der Waals surface area contributed by atoms with Gasteiger partial charge in [0.05, 0.1) is 0 Å². The van der Waals surface area contributed by atoms with E-state index in [-0.39, 0.29) is 5.54 Å². The second kappa shape index (κ2) is 3.52. The molecule has 2 saturated carbocycles. The van der Waals surface area contributed by atoms with Gasteiger partial charge < -0.3 is 5.73 Å². The van der Waals surface area contributed by atoms with E-state index in [0.29, 0.717) is 5.41 Å². The Morgan fingerprint density at radius 1 is 1.00 bits per heavy atom. The van der Waals surface area contributed by atoms with Gasteiger partial charge in [-0.2, -0.15) is 0 Å². The first-order chi connectivity index (χ1) is 6.68. The molecule has 0 amide bonds. The molecule has 0 radical (unpaired) electrons. The molecule has 0 unspecified atom stereocenters. The van der Waals surface area contributed by atoms with Gasteiger partial charge in [0.1, 0.15) is 0 Å². The maximum Gasteiger partial charge on any atom is 0.0215 e. The van der Waals surface area contributed by atoms with E-state index < -0.39 is 0 Å². The van der Waals surface area contributed by atoms with Crippen LogP contribution in [0, 0.1) is 11.3 Å². The van der Waals surface area contributed by atoms with E-state index in [9.17, 15) is 0 Å². The lowest BCUT2D eigenvalue weighted by Gasteiger charge is -2.32. The van der Waals surface area contributed by atoms with Gasteiger partial charge >= 0.3 is 0 Å². The normalized spacial score (nSPS) is 26.6. The molecule has 0 aromatic rings. The first-order valence-corrected chi connectivity index (χ1v) is 6.47. The maximum absolute atomic E-state index is 6.45. The summed E-state index contributed by atoms with van der Waals surface area (Å²) in [5, 5.41) is 0. The van der Waals surface area contributed by atoms with Crippen LogP contribution >= 0.6 is 0 Å². The highest BCUT2D eigenvalue weighted by atomic mass is 14.9. The highest BCUT2D eigenvalue weighted by molar-refractivity contribution is 5.20. The van der Waals surface area contributed by atoms with Crippen molar-refractivity contribution in [3.63, 3.8) is 0 Å². The van der Waals surface area contributed by atoms with Gasteiger partial charge in [-0.1, -0.05) is 39.5 Å². The van der Waals surface area contributed by atoms with Crippen molar-refractivity contribution in [2.75, 3.05) is 0 Å². The van der Waals surface area contributed by atoms with Gasteiger partial charge in [-0.25, -0.2) is 0 Å². The van der Waals surface area contributed by atoms with Gasteiger partial charge in [0.2, 0.25) is 0 Å². The minimum atomic E-state index is 0.280. The van der Waals surface area contributed by atoms with Gasteiger partial charge in [-0.05, 0) is 37.0 Å². The van der Waals surface area contributed by atoms with Crippen molar-refractivity contribution in [1.29, 1.82) is 0 Å². The lowest BCUT2D eigenvalue weighted by molar-refractivity contribution is 0.209.